The molecule has 9 heteroatoms. The molecule has 3 rings (SSSR count). The van der Waals surface area contributed by atoms with Crippen LogP contribution in [0.25, 0.3) is 11.0 Å². The molecule has 1 aliphatic heterocycles. The Bertz CT molecular complexity index is 689. The summed E-state index contributed by atoms with van der Waals surface area (Å²) in [6, 6.07) is 1.66. The lowest BCUT2D eigenvalue weighted by molar-refractivity contribution is -0.0948. The van der Waals surface area contributed by atoms with Crippen LogP contribution >= 0.6 is 11.6 Å². The number of ether oxygens (including phenoxy) is 1. The molecular formula is C12H15ClN4O4. The molecule has 0 spiro atoms. The first-order valence-electron chi connectivity index (χ1n) is 6.32. The molecular weight excluding hydrogens is 300 g/mol. The summed E-state index contributed by atoms with van der Waals surface area (Å²) in [5.74, 6) is -0.00986. The highest BCUT2D eigenvalue weighted by atomic mass is 35.5. The number of hydrogen-bond donors (Lipinski definition) is 4. The Morgan fingerprint density at radius 3 is 2.86 bits per heavy atom. The number of hydrogen-bond acceptors (Lipinski definition) is 7. The summed E-state index contributed by atoms with van der Waals surface area (Å²) in [4.78, 5) is 7.94. The minimum Gasteiger partial charge on any atom is -0.394 e. The Hall–Kier alpha value is -1.45. The van der Waals surface area contributed by atoms with Crippen molar-refractivity contribution in [3.63, 3.8) is 0 Å². The van der Waals surface area contributed by atoms with Gasteiger partial charge in [0.25, 0.3) is 0 Å². The highest BCUT2D eigenvalue weighted by Gasteiger charge is 2.53. The molecule has 0 radical (unpaired) electrons. The van der Waals surface area contributed by atoms with Gasteiger partial charge in [0.05, 0.1) is 12.0 Å². The van der Waals surface area contributed by atoms with Gasteiger partial charge >= 0.3 is 0 Å². The van der Waals surface area contributed by atoms with E-state index in [2.05, 4.69) is 9.97 Å². The van der Waals surface area contributed by atoms with E-state index in [0.29, 0.717) is 11.0 Å². The number of aliphatic hydroxyl groups excluding tert-OH is 2. The van der Waals surface area contributed by atoms with Crippen molar-refractivity contribution in [3.05, 3.63) is 17.4 Å². The van der Waals surface area contributed by atoms with Crippen molar-refractivity contribution >= 4 is 28.6 Å². The van der Waals surface area contributed by atoms with Crippen molar-refractivity contribution in [2.75, 3.05) is 12.3 Å². The predicted octanol–water partition coefficient (Wildman–Crippen LogP) is -0.331. The molecule has 0 saturated carbocycles. The molecule has 114 valence electrons. The number of aromatic nitrogens is 3. The van der Waals surface area contributed by atoms with E-state index in [-0.39, 0.29) is 11.1 Å². The Labute approximate surface area is 124 Å². The summed E-state index contributed by atoms with van der Waals surface area (Å²) < 4.78 is 7.05. The molecule has 3 heterocycles. The topological polar surface area (TPSA) is 127 Å². The Balaban J connectivity index is 2.13. The SMILES string of the molecule is C[C@]1(O)C(n2ccc3c(Cl)nc(N)nc32)O[C@H](CO)[C@H]1O. The van der Waals surface area contributed by atoms with Crippen molar-refractivity contribution in [2.45, 2.75) is 31.0 Å². The van der Waals surface area contributed by atoms with Gasteiger partial charge in [0, 0.05) is 6.20 Å². The summed E-state index contributed by atoms with van der Waals surface area (Å²) in [6.07, 6.45) is -1.46. The maximum atomic E-state index is 10.5. The average molecular weight is 315 g/mol. The van der Waals surface area contributed by atoms with Gasteiger partial charge in [-0.2, -0.15) is 4.98 Å². The van der Waals surface area contributed by atoms with Crippen LogP contribution in [0.3, 0.4) is 0 Å². The van der Waals surface area contributed by atoms with Crippen molar-refractivity contribution in [3.8, 4) is 0 Å². The molecule has 0 bridgehead atoms. The van der Waals surface area contributed by atoms with Crippen molar-refractivity contribution in [1.29, 1.82) is 0 Å². The summed E-state index contributed by atoms with van der Waals surface area (Å²) >= 11 is 6.00. The Morgan fingerprint density at radius 1 is 1.52 bits per heavy atom. The first-order chi connectivity index (χ1) is 9.86. The molecule has 0 aromatic carbocycles. The molecule has 1 saturated heterocycles. The lowest BCUT2D eigenvalue weighted by Crippen LogP contribution is -2.44. The monoisotopic (exact) mass is 314 g/mol. The van der Waals surface area contributed by atoms with Gasteiger partial charge in [-0.3, -0.25) is 0 Å². The average Bonchev–Trinajstić information content (AvgIpc) is 2.91. The van der Waals surface area contributed by atoms with Gasteiger partial charge in [-0.1, -0.05) is 11.6 Å². The smallest absolute Gasteiger partial charge is 0.223 e. The van der Waals surface area contributed by atoms with Gasteiger partial charge in [0.2, 0.25) is 5.95 Å². The van der Waals surface area contributed by atoms with Gasteiger partial charge in [-0.15, -0.1) is 0 Å². The number of nitrogens with two attached hydrogens (primary N) is 1. The fourth-order valence-corrected chi connectivity index (χ4v) is 2.83. The van der Waals surface area contributed by atoms with Crippen LogP contribution in [-0.4, -0.2) is 54.3 Å². The van der Waals surface area contributed by atoms with Crippen LogP contribution in [0.5, 0.6) is 0 Å². The lowest BCUT2D eigenvalue weighted by atomic mass is 9.96. The van der Waals surface area contributed by atoms with Crippen LogP contribution < -0.4 is 5.73 Å². The van der Waals surface area contributed by atoms with E-state index in [9.17, 15) is 15.3 Å². The summed E-state index contributed by atoms with van der Waals surface area (Å²) in [7, 11) is 0. The highest BCUT2D eigenvalue weighted by molar-refractivity contribution is 6.34. The molecule has 5 N–H and O–H groups in total. The van der Waals surface area contributed by atoms with E-state index in [4.69, 9.17) is 22.1 Å². The van der Waals surface area contributed by atoms with Gasteiger partial charge in [-0.05, 0) is 13.0 Å². The maximum Gasteiger partial charge on any atom is 0.223 e. The van der Waals surface area contributed by atoms with Crippen molar-refractivity contribution < 1.29 is 20.1 Å². The summed E-state index contributed by atoms with van der Waals surface area (Å²) in [5.41, 5.74) is 4.36. The second kappa shape index (κ2) is 4.79. The molecule has 1 aliphatic rings. The van der Waals surface area contributed by atoms with Crippen LogP contribution in [0.2, 0.25) is 5.15 Å². The van der Waals surface area contributed by atoms with E-state index in [1.165, 1.54) is 11.5 Å². The maximum absolute atomic E-state index is 10.5. The van der Waals surface area contributed by atoms with Crippen molar-refractivity contribution in [1.82, 2.24) is 14.5 Å². The van der Waals surface area contributed by atoms with Gasteiger partial charge in [0.15, 0.2) is 6.23 Å². The Kier molecular flexibility index (Phi) is 3.30. The number of fused-ring (bicyclic) bond motifs is 1. The third-order valence-electron chi connectivity index (χ3n) is 3.73. The second-order valence-corrected chi connectivity index (χ2v) is 5.57. The number of halogens is 1. The largest absolute Gasteiger partial charge is 0.394 e. The van der Waals surface area contributed by atoms with Gasteiger partial charge in [-0.25, -0.2) is 4.98 Å². The van der Waals surface area contributed by atoms with E-state index in [0.717, 1.165) is 0 Å². The van der Waals surface area contributed by atoms with Crippen LogP contribution in [0.15, 0.2) is 12.3 Å². The third-order valence-corrected chi connectivity index (χ3v) is 4.02. The molecule has 8 nitrogen and oxygen atoms in total. The molecule has 21 heavy (non-hydrogen) atoms. The third kappa shape index (κ3) is 2.07. The number of anilines is 1. The first kappa shape index (κ1) is 14.5. The van der Waals surface area contributed by atoms with Crippen LogP contribution in [0.1, 0.15) is 13.2 Å². The zero-order valence-corrected chi connectivity index (χ0v) is 11.9. The van der Waals surface area contributed by atoms with Crippen LogP contribution in [0.4, 0.5) is 5.95 Å². The van der Waals surface area contributed by atoms with E-state index in [1.54, 1.807) is 12.3 Å². The molecule has 2 aromatic heterocycles. The number of nitrogens with zero attached hydrogens (tertiary/aromatic N) is 3. The van der Waals surface area contributed by atoms with E-state index < -0.39 is 30.6 Å². The number of rotatable bonds is 2. The highest BCUT2D eigenvalue weighted by Crippen LogP contribution is 2.40. The number of aliphatic hydroxyl groups is 3. The predicted molar refractivity (Wildman–Crippen MR) is 74.6 cm³/mol. The van der Waals surface area contributed by atoms with Crippen molar-refractivity contribution in [2.24, 2.45) is 0 Å². The minimum absolute atomic E-state index is 0.00986. The lowest BCUT2D eigenvalue weighted by Gasteiger charge is -2.27. The molecule has 0 amide bonds. The quantitative estimate of drug-likeness (QED) is 0.559. The second-order valence-electron chi connectivity index (χ2n) is 5.21. The standard InChI is InChI=1S/C12H15ClN4O4/c1-12(20)7(19)6(4-18)21-10(12)17-3-2-5-8(13)15-11(14)16-9(5)17/h2-3,6-7,10,18-20H,4H2,1H3,(H2,14,15,16)/t6-,7-,10?,12-/m1/s1. The van der Waals surface area contributed by atoms with Crippen LogP contribution in [0, 0.1) is 0 Å². The molecule has 2 aromatic rings. The summed E-state index contributed by atoms with van der Waals surface area (Å²) in [6.45, 7) is 1.01. The minimum atomic E-state index is -1.61. The van der Waals surface area contributed by atoms with Gasteiger partial charge < -0.3 is 30.4 Å². The van der Waals surface area contributed by atoms with E-state index >= 15 is 0 Å². The fourth-order valence-electron chi connectivity index (χ4n) is 2.59. The number of nitrogen functional groups attached to an aromatic ring is 1. The normalized spacial score (nSPS) is 32.9. The molecule has 0 aliphatic carbocycles. The van der Waals surface area contributed by atoms with Gasteiger partial charge in [0.1, 0.15) is 28.6 Å². The summed E-state index contributed by atoms with van der Waals surface area (Å²) in [5, 5.41) is 30.5. The zero-order valence-electron chi connectivity index (χ0n) is 11.1. The molecule has 1 unspecified atom stereocenters. The zero-order chi connectivity index (χ0) is 15.4. The first-order valence-corrected chi connectivity index (χ1v) is 6.70. The molecule has 1 fully saturated rings. The fraction of sp³-hybridized carbons (Fsp3) is 0.500. The molecule has 4 atom stereocenters. The van der Waals surface area contributed by atoms with Crippen LogP contribution in [-0.2, 0) is 4.74 Å². The van der Waals surface area contributed by atoms with E-state index in [1.807, 2.05) is 0 Å². The Morgan fingerprint density at radius 2 is 2.24 bits per heavy atom.